The number of halogens is 1. The third-order valence-corrected chi connectivity index (χ3v) is 4.94. The van der Waals surface area contributed by atoms with Gasteiger partial charge in [0.1, 0.15) is 13.2 Å². The predicted octanol–water partition coefficient (Wildman–Crippen LogP) is 4.36. The first kappa shape index (κ1) is 19.3. The summed E-state index contributed by atoms with van der Waals surface area (Å²) in [4.78, 5) is 18.5. The van der Waals surface area contributed by atoms with E-state index in [1.807, 2.05) is 30.3 Å². The van der Waals surface area contributed by atoms with Gasteiger partial charge < -0.3 is 18.8 Å². The lowest BCUT2D eigenvalue weighted by Gasteiger charge is -2.21. The summed E-state index contributed by atoms with van der Waals surface area (Å²) in [6.07, 6.45) is 2.43. The SMILES string of the molecule is CN(Cc1ccc2c(c1)OCCO2)C(=O)CCc1ncc(-c2ccc(Cl)cc2)o1. The molecule has 7 heteroatoms. The Hall–Kier alpha value is -2.99. The van der Waals surface area contributed by atoms with Crippen LogP contribution in [0.15, 0.2) is 53.1 Å². The van der Waals surface area contributed by atoms with Crippen molar-refractivity contribution in [2.45, 2.75) is 19.4 Å². The molecule has 2 heterocycles. The zero-order valence-electron chi connectivity index (χ0n) is 16.1. The zero-order chi connectivity index (χ0) is 20.2. The van der Waals surface area contributed by atoms with Crippen LogP contribution < -0.4 is 9.47 Å². The fourth-order valence-corrected chi connectivity index (χ4v) is 3.25. The molecule has 3 aromatic rings. The zero-order valence-corrected chi connectivity index (χ0v) is 16.8. The van der Waals surface area contributed by atoms with E-state index in [0.717, 1.165) is 22.6 Å². The molecule has 0 N–H and O–H groups in total. The van der Waals surface area contributed by atoms with Gasteiger partial charge in [-0.3, -0.25) is 4.79 Å². The molecule has 0 aliphatic carbocycles. The van der Waals surface area contributed by atoms with Crippen LogP contribution in [0.3, 0.4) is 0 Å². The first-order valence-electron chi connectivity index (χ1n) is 9.41. The van der Waals surface area contributed by atoms with Gasteiger partial charge in [0, 0.05) is 37.0 Å². The van der Waals surface area contributed by atoms with Crippen LogP contribution in [0.4, 0.5) is 0 Å². The van der Waals surface area contributed by atoms with E-state index in [2.05, 4.69) is 4.98 Å². The minimum absolute atomic E-state index is 0.0196. The molecule has 6 nitrogen and oxygen atoms in total. The van der Waals surface area contributed by atoms with Crippen molar-refractivity contribution < 1.29 is 18.7 Å². The Kier molecular flexibility index (Phi) is 5.71. The molecule has 29 heavy (non-hydrogen) atoms. The number of fused-ring (bicyclic) bond motifs is 1. The quantitative estimate of drug-likeness (QED) is 0.602. The number of hydrogen-bond acceptors (Lipinski definition) is 5. The molecule has 0 atom stereocenters. The van der Waals surface area contributed by atoms with Crippen molar-refractivity contribution in [3.8, 4) is 22.8 Å². The van der Waals surface area contributed by atoms with Crippen molar-refractivity contribution in [2.75, 3.05) is 20.3 Å². The monoisotopic (exact) mass is 412 g/mol. The Morgan fingerprint density at radius 2 is 1.86 bits per heavy atom. The number of aromatic nitrogens is 1. The second-order valence-corrected chi connectivity index (χ2v) is 7.29. The minimum atomic E-state index is 0.0196. The largest absolute Gasteiger partial charge is 0.486 e. The third-order valence-electron chi connectivity index (χ3n) is 4.69. The van der Waals surface area contributed by atoms with E-state index in [0.29, 0.717) is 49.3 Å². The van der Waals surface area contributed by atoms with E-state index >= 15 is 0 Å². The topological polar surface area (TPSA) is 64.8 Å². The number of carbonyl (C=O) groups excluding carboxylic acids is 1. The molecule has 0 fully saturated rings. The molecule has 150 valence electrons. The Morgan fingerprint density at radius 3 is 2.66 bits per heavy atom. The van der Waals surface area contributed by atoms with Crippen LogP contribution in [0.5, 0.6) is 11.5 Å². The molecule has 0 unspecified atom stereocenters. The maximum atomic E-state index is 12.5. The maximum absolute atomic E-state index is 12.5. The Labute approximate surface area is 174 Å². The van der Waals surface area contributed by atoms with Crippen LogP contribution in [0.1, 0.15) is 17.9 Å². The molecular formula is C22H21ClN2O4. The van der Waals surface area contributed by atoms with Gasteiger partial charge in [-0.15, -0.1) is 0 Å². The normalized spacial score (nSPS) is 12.6. The molecule has 0 radical (unpaired) electrons. The van der Waals surface area contributed by atoms with E-state index in [-0.39, 0.29) is 5.91 Å². The van der Waals surface area contributed by atoms with Crippen LogP contribution in [-0.4, -0.2) is 36.1 Å². The summed E-state index contributed by atoms with van der Waals surface area (Å²) >= 11 is 5.91. The van der Waals surface area contributed by atoms with E-state index in [4.69, 9.17) is 25.5 Å². The van der Waals surface area contributed by atoms with Gasteiger partial charge in [0.2, 0.25) is 5.91 Å². The summed E-state index contributed by atoms with van der Waals surface area (Å²) in [5, 5.41) is 0.667. The predicted molar refractivity (Wildman–Crippen MR) is 109 cm³/mol. The number of hydrogen-bond donors (Lipinski definition) is 0. The van der Waals surface area contributed by atoms with Gasteiger partial charge in [-0.05, 0) is 42.0 Å². The van der Waals surface area contributed by atoms with Gasteiger partial charge in [0.15, 0.2) is 23.1 Å². The summed E-state index contributed by atoms with van der Waals surface area (Å²) < 4.78 is 16.9. The van der Waals surface area contributed by atoms with Gasteiger partial charge in [0.05, 0.1) is 6.20 Å². The summed E-state index contributed by atoms with van der Waals surface area (Å²) in [7, 11) is 1.79. The number of oxazole rings is 1. The van der Waals surface area contributed by atoms with Gasteiger partial charge >= 0.3 is 0 Å². The van der Waals surface area contributed by atoms with Gasteiger partial charge in [-0.1, -0.05) is 17.7 Å². The molecule has 0 bridgehead atoms. The third kappa shape index (κ3) is 4.71. The Bertz CT molecular complexity index is 1000. The number of amides is 1. The number of aryl methyl sites for hydroxylation is 1. The van der Waals surface area contributed by atoms with E-state index in [1.165, 1.54) is 0 Å². The molecule has 0 spiro atoms. The van der Waals surface area contributed by atoms with Crippen molar-refractivity contribution in [1.82, 2.24) is 9.88 Å². The van der Waals surface area contributed by atoms with Crippen LogP contribution in [0.25, 0.3) is 11.3 Å². The minimum Gasteiger partial charge on any atom is -0.486 e. The number of rotatable bonds is 6. The van der Waals surface area contributed by atoms with Gasteiger partial charge in [0.25, 0.3) is 0 Å². The molecule has 2 aromatic carbocycles. The summed E-state index contributed by atoms with van der Waals surface area (Å²) in [6.45, 7) is 1.60. The lowest BCUT2D eigenvalue weighted by Crippen LogP contribution is -2.26. The molecule has 1 amide bonds. The van der Waals surface area contributed by atoms with E-state index in [1.54, 1.807) is 30.3 Å². The molecule has 0 saturated heterocycles. The highest BCUT2D eigenvalue weighted by molar-refractivity contribution is 6.30. The summed E-state index contributed by atoms with van der Waals surface area (Å²) in [6, 6.07) is 13.1. The maximum Gasteiger partial charge on any atom is 0.223 e. The average molecular weight is 413 g/mol. The highest BCUT2D eigenvalue weighted by Crippen LogP contribution is 2.31. The van der Waals surface area contributed by atoms with Crippen LogP contribution in [0, 0.1) is 0 Å². The Morgan fingerprint density at radius 1 is 1.10 bits per heavy atom. The number of ether oxygens (including phenoxy) is 2. The van der Waals surface area contributed by atoms with Crippen LogP contribution in [0.2, 0.25) is 5.02 Å². The number of nitrogens with zero attached hydrogens (tertiary/aromatic N) is 2. The Balaban J connectivity index is 1.32. The van der Waals surface area contributed by atoms with Gasteiger partial charge in [-0.2, -0.15) is 0 Å². The van der Waals surface area contributed by atoms with E-state index < -0.39 is 0 Å². The molecule has 1 aliphatic heterocycles. The fraction of sp³-hybridized carbons (Fsp3) is 0.273. The first-order valence-corrected chi connectivity index (χ1v) is 9.79. The van der Waals surface area contributed by atoms with Crippen molar-refractivity contribution >= 4 is 17.5 Å². The van der Waals surface area contributed by atoms with Crippen molar-refractivity contribution in [3.63, 3.8) is 0 Å². The lowest BCUT2D eigenvalue weighted by molar-refractivity contribution is -0.130. The molecular weight excluding hydrogens is 392 g/mol. The highest BCUT2D eigenvalue weighted by Gasteiger charge is 2.15. The van der Waals surface area contributed by atoms with Crippen molar-refractivity contribution in [1.29, 1.82) is 0 Å². The lowest BCUT2D eigenvalue weighted by atomic mass is 10.1. The van der Waals surface area contributed by atoms with Crippen molar-refractivity contribution in [3.05, 3.63) is 65.1 Å². The molecule has 0 saturated carbocycles. The second-order valence-electron chi connectivity index (χ2n) is 6.85. The summed E-state index contributed by atoms with van der Waals surface area (Å²) in [5.41, 5.74) is 1.89. The smallest absolute Gasteiger partial charge is 0.223 e. The summed E-state index contributed by atoms with van der Waals surface area (Å²) in [5.74, 6) is 2.69. The second kappa shape index (κ2) is 8.57. The molecule has 1 aromatic heterocycles. The van der Waals surface area contributed by atoms with Crippen LogP contribution in [-0.2, 0) is 17.8 Å². The fourth-order valence-electron chi connectivity index (χ4n) is 3.13. The van der Waals surface area contributed by atoms with Crippen LogP contribution >= 0.6 is 11.6 Å². The number of carbonyl (C=O) groups is 1. The first-order chi connectivity index (χ1) is 14.1. The van der Waals surface area contributed by atoms with Crippen molar-refractivity contribution in [2.24, 2.45) is 0 Å². The molecule has 4 rings (SSSR count). The molecule has 1 aliphatic rings. The highest BCUT2D eigenvalue weighted by atomic mass is 35.5. The average Bonchev–Trinajstić information content (AvgIpc) is 3.21. The standard InChI is InChI=1S/C22H21ClN2O4/c1-25(14-15-2-7-18-19(12-15)28-11-10-27-18)22(26)9-8-21-24-13-20(29-21)16-3-5-17(23)6-4-16/h2-7,12-13H,8-11,14H2,1H3. The van der Waals surface area contributed by atoms with Gasteiger partial charge in [-0.25, -0.2) is 4.98 Å². The number of benzene rings is 2. The van der Waals surface area contributed by atoms with E-state index in [9.17, 15) is 4.79 Å².